The number of halogens is 2. The first-order valence-corrected chi connectivity index (χ1v) is 5.65. The van der Waals surface area contributed by atoms with Gasteiger partial charge >= 0.3 is 0 Å². The van der Waals surface area contributed by atoms with Crippen LogP contribution >= 0.6 is 11.6 Å². The highest BCUT2D eigenvalue weighted by Gasteiger charge is 2.12. The van der Waals surface area contributed by atoms with E-state index in [0.717, 1.165) is 18.3 Å². The van der Waals surface area contributed by atoms with Crippen LogP contribution in [-0.2, 0) is 0 Å². The highest BCUT2D eigenvalue weighted by molar-refractivity contribution is 6.31. The molecular weight excluding hydrogens is 287 g/mol. The lowest BCUT2D eigenvalue weighted by molar-refractivity contribution is -0.385. The lowest BCUT2D eigenvalue weighted by atomic mass is 10.2. The molecule has 1 heterocycles. The predicted molar refractivity (Wildman–Crippen MR) is 70.3 cm³/mol. The van der Waals surface area contributed by atoms with Gasteiger partial charge in [-0.2, -0.15) is 5.26 Å². The van der Waals surface area contributed by atoms with E-state index >= 15 is 0 Å². The van der Waals surface area contributed by atoms with E-state index in [9.17, 15) is 14.5 Å². The minimum Gasteiger partial charge on any atom is -0.339 e. The second-order valence-electron chi connectivity index (χ2n) is 3.71. The Kier molecular flexibility index (Phi) is 3.77. The van der Waals surface area contributed by atoms with E-state index in [2.05, 4.69) is 10.3 Å². The molecule has 0 unspecified atom stereocenters. The third-order valence-corrected chi connectivity index (χ3v) is 2.68. The number of anilines is 2. The van der Waals surface area contributed by atoms with Gasteiger partial charge in [-0.25, -0.2) is 9.37 Å². The summed E-state index contributed by atoms with van der Waals surface area (Å²) in [6.45, 7) is 0. The summed E-state index contributed by atoms with van der Waals surface area (Å²) in [4.78, 5) is 13.8. The van der Waals surface area contributed by atoms with Crippen LogP contribution in [0.4, 0.5) is 21.6 Å². The van der Waals surface area contributed by atoms with Gasteiger partial charge in [0, 0.05) is 11.8 Å². The molecule has 0 amide bonds. The third kappa shape index (κ3) is 2.81. The van der Waals surface area contributed by atoms with Gasteiger partial charge in [-0.05, 0) is 18.2 Å². The van der Waals surface area contributed by atoms with Gasteiger partial charge in [0.25, 0.3) is 5.69 Å². The SMILES string of the molecule is N#Cc1cc([N+](=O)[O-])cnc1Nc1ccc(F)c(Cl)c1. The Balaban J connectivity index is 2.36. The summed E-state index contributed by atoms with van der Waals surface area (Å²) in [5.74, 6) is -0.449. The number of pyridine rings is 1. The first-order valence-electron chi connectivity index (χ1n) is 5.28. The number of nitriles is 1. The third-order valence-electron chi connectivity index (χ3n) is 2.39. The lowest BCUT2D eigenvalue weighted by Crippen LogP contribution is -1.99. The zero-order chi connectivity index (χ0) is 14.7. The van der Waals surface area contributed by atoms with Crippen molar-refractivity contribution in [1.29, 1.82) is 5.26 Å². The molecule has 2 aromatic rings. The Morgan fingerprint density at radius 1 is 1.45 bits per heavy atom. The van der Waals surface area contributed by atoms with Gasteiger partial charge in [0.1, 0.15) is 29.5 Å². The van der Waals surface area contributed by atoms with Gasteiger partial charge in [-0.1, -0.05) is 11.6 Å². The minimum absolute atomic E-state index is 0.000326. The Morgan fingerprint density at radius 3 is 2.80 bits per heavy atom. The number of hydrogen-bond acceptors (Lipinski definition) is 5. The monoisotopic (exact) mass is 292 g/mol. The fourth-order valence-corrected chi connectivity index (χ4v) is 1.63. The van der Waals surface area contributed by atoms with E-state index in [4.69, 9.17) is 16.9 Å². The molecule has 8 heteroatoms. The second-order valence-corrected chi connectivity index (χ2v) is 4.12. The summed E-state index contributed by atoms with van der Waals surface area (Å²) in [5.41, 5.74) is 0.123. The molecule has 1 aromatic heterocycles. The van der Waals surface area contributed by atoms with Gasteiger partial charge in [0.05, 0.1) is 9.95 Å². The molecule has 2 rings (SSSR count). The van der Waals surface area contributed by atoms with E-state index in [1.807, 2.05) is 0 Å². The zero-order valence-corrected chi connectivity index (χ0v) is 10.6. The molecule has 0 aliphatic carbocycles. The molecule has 0 atom stereocenters. The smallest absolute Gasteiger partial charge is 0.289 e. The standard InChI is InChI=1S/C12H6ClFN4O2/c13-10-4-8(1-2-11(10)14)17-12-7(5-15)3-9(6-16-12)18(19)20/h1-4,6H,(H,16,17). The number of benzene rings is 1. The Hall–Kier alpha value is -2.72. The zero-order valence-electron chi connectivity index (χ0n) is 9.80. The fourth-order valence-electron chi connectivity index (χ4n) is 1.45. The van der Waals surface area contributed by atoms with Crippen LogP contribution < -0.4 is 5.32 Å². The number of hydrogen-bond donors (Lipinski definition) is 1. The number of aromatic nitrogens is 1. The van der Waals surface area contributed by atoms with Crippen molar-refractivity contribution in [2.24, 2.45) is 0 Å². The summed E-state index contributed by atoms with van der Waals surface area (Å²) < 4.78 is 13.0. The van der Waals surface area contributed by atoms with Crippen molar-refractivity contribution in [3.05, 3.63) is 57.0 Å². The maximum atomic E-state index is 13.0. The van der Waals surface area contributed by atoms with Gasteiger partial charge in [-0.15, -0.1) is 0 Å². The van der Waals surface area contributed by atoms with Crippen LogP contribution in [0.5, 0.6) is 0 Å². The number of nitrogens with zero attached hydrogens (tertiary/aromatic N) is 3. The fraction of sp³-hybridized carbons (Fsp3) is 0. The molecule has 1 aromatic carbocycles. The molecule has 100 valence electrons. The molecule has 0 radical (unpaired) electrons. The summed E-state index contributed by atoms with van der Waals surface area (Å²) >= 11 is 5.63. The van der Waals surface area contributed by atoms with Crippen LogP contribution in [0.2, 0.25) is 5.02 Å². The van der Waals surface area contributed by atoms with E-state index in [1.165, 1.54) is 12.1 Å². The predicted octanol–water partition coefficient (Wildman–Crippen LogP) is 3.40. The highest BCUT2D eigenvalue weighted by atomic mass is 35.5. The van der Waals surface area contributed by atoms with E-state index < -0.39 is 10.7 Å². The Labute approximate surface area is 117 Å². The molecule has 0 spiro atoms. The average molecular weight is 293 g/mol. The molecule has 0 aliphatic heterocycles. The van der Waals surface area contributed by atoms with Crippen molar-refractivity contribution in [3.63, 3.8) is 0 Å². The first kappa shape index (κ1) is 13.7. The Bertz CT molecular complexity index is 730. The van der Waals surface area contributed by atoms with Crippen molar-refractivity contribution < 1.29 is 9.31 Å². The number of nitro groups is 1. The van der Waals surface area contributed by atoms with Crippen LogP contribution in [0.3, 0.4) is 0 Å². The Morgan fingerprint density at radius 2 is 2.20 bits per heavy atom. The van der Waals surface area contributed by atoms with E-state index in [-0.39, 0.29) is 22.1 Å². The van der Waals surface area contributed by atoms with Crippen molar-refractivity contribution in [2.45, 2.75) is 0 Å². The molecule has 1 N–H and O–H groups in total. The summed E-state index contributed by atoms with van der Waals surface area (Å²) in [5, 5.41) is 22.2. The summed E-state index contributed by atoms with van der Waals surface area (Å²) in [7, 11) is 0. The normalized spacial score (nSPS) is 9.85. The molecule has 0 aliphatic rings. The molecular formula is C12H6ClFN4O2. The summed E-state index contributed by atoms with van der Waals surface area (Å²) in [6.07, 6.45) is 1.02. The largest absolute Gasteiger partial charge is 0.339 e. The van der Waals surface area contributed by atoms with Crippen LogP contribution in [-0.4, -0.2) is 9.91 Å². The van der Waals surface area contributed by atoms with Gasteiger partial charge in [0.2, 0.25) is 0 Å². The topological polar surface area (TPSA) is 91.8 Å². The molecule has 6 nitrogen and oxygen atoms in total. The van der Waals surface area contributed by atoms with E-state index in [0.29, 0.717) is 5.69 Å². The van der Waals surface area contributed by atoms with Crippen molar-refractivity contribution in [3.8, 4) is 6.07 Å². The maximum Gasteiger partial charge on any atom is 0.289 e. The first-order chi connectivity index (χ1) is 9.51. The lowest BCUT2D eigenvalue weighted by Gasteiger charge is -2.07. The van der Waals surface area contributed by atoms with Crippen LogP contribution in [0.15, 0.2) is 30.5 Å². The molecule has 0 bridgehead atoms. The van der Waals surface area contributed by atoms with Crippen molar-refractivity contribution in [2.75, 3.05) is 5.32 Å². The summed E-state index contributed by atoms with van der Waals surface area (Å²) in [6, 6.07) is 6.78. The number of nitrogens with one attached hydrogen (secondary N) is 1. The van der Waals surface area contributed by atoms with Gasteiger partial charge < -0.3 is 5.32 Å². The van der Waals surface area contributed by atoms with Crippen molar-refractivity contribution in [1.82, 2.24) is 4.98 Å². The molecule has 0 saturated heterocycles. The van der Waals surface area contributed by atoms with Gasteiger partial charge in [-0.3, -0.25) is 10.1 Å². The maximum absolute atomic E-state index is 13.0. The quantitative estimate of drug-likeness (QED) is 0.691. The molecule has 20 heavy (non-hydrogen) atoms. The number of rotatable bonds is 3. The second kappa shape index (κ2) is 5.50. The highest BCUT2D eigenvalue weighted by Crippen LogP contribution is 2.25. The van der Waals surface area contributed by atoms with Crippen LogP contribution in [0.25, 0.3) is 0 Å². The molecule has 0 fully saturated rings. The van der Waals surface area contributed by atoms with Crippen molar-refractivity contribution >= 4 is 28.8 Å². The van der Waals surface area contributed by atoms with Crippen LogP contribution in [0.1, 0.15) is 5.56 Å². The minimum atomic E-state index is -0.646. The molecule has 0 saturated carbocycles. The van der Waals surface area contributed by atoms with Crippen LogP contribution in [0, 0.1) is 27.3 Å². The average Bonchev–Trinajstić information content (AvgIpc) is 2.43. The van der Waals surface area contributed by atoms with E-state index in [1.54, 1.807) is 6.07 Å². The van der Waals surface area contributed by atoms with Gasteiger partial charge in [0.15, 0.2) is 0 Å².